The molecule has 0 saturated carbocycles. The number of anilines is 3. The predicted octanol–water partition coefficient (Wildman–Crippen LogP) is 2.61. The molecular formula is C24H27FN8O2. The lowest BCUT2D eigenvalue weighted by molar-refractivity contribution is 0.122. The molecule has 11 heteroatoms. The molecule has 0 bridgehead atoms. The van der Waals surface area contributed by atoms with Gasteiger partial charge in [0.15, 0.2) is 5.82 Å². The van der Waals surface area contributed by atoms with Crippen LogP contribution < -0.4 is 20.4 Å². The first-order valence-corrected chi connectivity index (χ1v) is 11.7. The Morgan fingerprint density at radius 1 is 1.11 bits per heavy atom. The molecule has 2 amide bonds. The Labute approximate surface area is 202 Å². The highest BCUT2D eigenvalue weighted by atomic mass is 19.1. The minimum Gasteiger partial charge on any atom is -0.378 e. The van der Waals surface area contributed by atoms with Gasteiger partial charge in [-0.25, -0.2) is 29.1 Å². The number of nitrogens with one attached hydrogen (secondary N) is 2. The zero-order valence-electron chi connectivity index (χ0n) is 19.5. The third-order valence-electron chi connectivity index (χ3n) is 6.00. The fourth-order valence-corrected chi connectivity index (χ4v) is 4.28. The Morgan fingerprint density at radius 2 is 1.91 bits per heavy atom. The smallest absolute Gasteiger partial charge is 0.319 e. The Kier molecular flexibility index (Phi) is 6.66. The van der Waals surface area contributed by atoms with E-state index in [9.17, 15) is 9.18 Å². The monoisotopic (exact) mass is 478 g/mol. The molecule has 0 unspecified atom stereocenters. The fraction of sp³-hybridized carbons (Fsp3) is 0.375. The molecule has 1 saturated heterocycles. The van der Waals surface area contributed by atoms with Crippen molar-refractivity contribution in [1.82, 2.24) is 25.3 Å². The number of urea groups is 1. The molecule has 2 N–H and O–H groups in total. The summed E-state index contributed by atoms with van der Waals surface area (Å²) in [5, 5.41) is 5.11. The van der Waals surface area contributed by atoms with Crippen LogP contribution in [0.15, 0.2) is 36.7 Å². The normalized spacial score (nSPS) is 15.5. The first kappa shape index (κ1) is 22.9. The highest BCUT2D eigenvalue weighted by Gasteiger charge is 2.27. The van der Waals surface area contributed by atoms with E-state index < -0.39 is 11.8 Å². The lowest BCUT2D eigenvalue weighted by atomic mass is 10.0. The molecule has 2 aliphatic rings. The van der Waals surface area contributed by atoms with Crippen LogP contribution in [0, 0.1) is 5.82 Å². The quantitative estimate of drug-likeness (QED) is 0.576. The molecule has 1 aromatic carbocycles. The van der Waals surface area contributed by atoms with Crippen LogP contribution >= 0.6 is 0 Å². The molecule has 2 aromatic heterocycles. The molecule has 5 rings (SSSR count). The molecule has 182 valence electrons. The number of aromatic nitrogens is 4. The number of nitrogens with zero attached hydrogens (tertiary/aromatic N) is 6. The molecule has 0 atom stereocenters. The second-order valence-corrected chi connectivity index (χ2v) is 8.29. The molecule has 10 nitrogen and oxygen atoms in total. The van der Waals surface area contributed by atoms with Gasteiger partial charge in [0.25, 0.3) is 0 Å². The third-order valence-corrected chi connectivity index (χ3v) is 6.00. The van der Waals surface area contributed by atoms with Crippen molar-refractivity contribution < 1.29 is 13.9 Å². The molecule has 2 aliphatic heterocycles. The minimum atomic E-state index is -0.553. The van der Waals surface area contributed by atoms with Gasteiger partial charge in [0.05, 0.1) is 31.1 Å². The van der Waals surface area contributed by atoms with Crippen molar-refractivity contribution in [2.75, 3.05) is 54.5 Å². The average Bonchev–Trinajstić information content (AvgIpc) is 2.90. The Balaban J connectivity index is 1.50. The average molecular weight is 479 g/mol. The first-order valence-electron chi connectivity index (χ1n) is 11.7. The van der Waals surface area contributed by atoms with E-state index in [4.69, 9.17) is 14.7 Å². The molecule has 0 spiro atoms. The number of benzene rings is 1. The standard InChI is InChI=1S/C24H27FN8O2/c1-2-26-24(34)30-19-5-4-16(14-18(19)25)21-29-20-15-33(23-27-7-3-8-28-23)9-6-17(20)22(31-21)32-10-12-35-13-11-32/h3-5,7-8,14H,2,6,9-13,15H2,1H3,(H2,26,30,34). The van der Waals surface area contributed by atoms with E-state index in [1.165, 1.54) is 12.1 Å². The number of fused-ring (bicyclic) bond motifs is 1. The van der Waals surface area contributed by atoms with E-state index in [0.717, 1.165) is 43.1 Å². The van der Waals surface area contributed by atoms with Gasteiger partial charge < -0.3 is 25.2 Å². The van der Waals surface area contributed by atoms with Crippen LogP contribution in [0.3, 0.4) is 0 Å². The van der Waals surface area contributed by atoms with Crippen molar-refractivity contribution in [1.29, 1.82) is 0 Å². The van der Waals surface area contributed by atoms with Gasteiger partial charge in [-0.2, -0.15) is 0 Å². The van der Waals surface area contributed by atoms with Gasteiger partial charge in [-0.1, -0.05) is 0 Å². The van der Waals surface area contributed by atoms with Gasteiger partial charge in [0.1, 0.15) is 11.6 Å². The second kappa shape index (κ2) is 10.2. The van der Waals surface area contributed by atoms with E-state index in [2.05, 4.69) is 30.4 Å². The van der Waals surface area contributed by atoms with E-state index in [0.29, 0.717) is 43.6 Å². The summed E-state index contributed by atoms with van der Waals surface area (Å²) in [6.07, 6.45) is 4.20. The maximum Gasteiger partial charge on any atom is 0.319 e. The summed E-state index contributed by atoms with van der Waals surface area (Å²) < 4.78 is 20.4. The van der Waals surface area contributed by atoms with Crippen molar-refractivity contribution in [3.05, 3.63) is 53.7 Å². The minimum absolute atomic E-state index is 0.0958. The van der Waals surface area contributed by atoms with Crippen molar-refractivity contribution in [3.63, 3.8) is 0 Å². The van der Waals surface area contributed by atoms with Crippen molar-refractivity contribution in [2.24, 2.45) is 0 Å². The second-order valence-electron chi connectivity index (χ2n) is 8.29. The van der Waals surface area contributed by atoms with Crippen LogP contribution in [0.5, 0.6) is 0 Å². The van der Waals surface area contributed by atoms with Crippen molar-refractivity contribution >= 4 is 23.5 Å². The van der Waals surface area contributed by atoms with Gasteiger partial charge in [0.2, 0.25) is 5.95 Å². The topological polar surface area (TPSA) is 108 Å². The van der Waals surface area contributed by atoms with Gasteiger partial charge >= 0.3 is 6.03 Å². The molecule has 1 fully saturated rings. The lowest BCUT2D eigenvalue weighted by Crippen LogP contribution is -2.39. The largest absolute Gasteiger partial charge is 0.378 e. The number of ether oxygens (including phenoxy) is 1. The number of carbonyl (C=O) groups is 1. The van der Waals surface area contributed by atoms with Crippen LogP contribution in [-0.4, -0.2) is 65.4 Å². The van der Waals surface area contributed by atoms with Gasteiger partial charge in [0, 0.05) is 49.7 Å². The summed E-state index contributed by atoms with van der Waals surface area (Å²) in [6.45, 7) is 6.26. The predicted molar refractivity (Wildman–Crippen MR) is 130 cm³/mol. The fourth-order valence-electron chi connectivity index (χ4n) is 4.28. The Bertz CT molecular complexity index is 1200. The summed E-state index contributed by atoms with van der Waals surface area (Å²) >= 11 is 0. The zero-order valence-corrected chi connectivity index (χ0v) is 19.5. The van der Waals surface area contributed by atoms with Crippen LogP contribution in [0.25, 0.3) is 11.4 Å². The SMILES string of the molecule is CCNC(=O)Nc1ccc(-c2nc3c(c(N4CCOCC4)n2)CCN(c2ncccn2)C3)cc1F. The summed E-state index contributed by atoms with van der Waals surface area (Å²) in [5.74, 6) is 1.40. The number of carbonyl (C=O) groups excluding carboxylic acids is 1. The third kappa shape index (κ3) is 4.99. The Morgan fingerprint density at radius 3 is 2.66 bits per heavy atom. The Hall–Kier alpha value is -3.86. The zero-order chi connectivity index (χ0) is 24.2. The summed E-state index contributed by atoms with van der Waals surface area (Å²) in [6, 6.07) is 5.93. The number of amides is 2. The number of hydrogen-bond donors (Lipinski definition) is 2. The van der Waals surface area contributed by atoms with E-state index in [1.807, 2.05) is 0 Å². The maximum absolute atomic E-state index is 14.9. The molecule has 3 aromatic rings. The van der Waals surface area contributed by atoms with E-state index >= 15 is 0 Å². The van der Waals surface area contributed by atoms with Crippen LogP contribution in [0.4, 0.5) is 26.6 Å². The molecule has 4 heterocycles. The van der Waals surface area contributed by atoms with E-state index in [1.54, 1.807) is 31.5 Å². The number of hydrogen-bond acceptors (Lipinski definition) is 8. The maximum atomic E-state index is 14.9. The highest BCUT2D eigenvalue weighted by molar-refractivity contribution is 5.89. The number of halogens is 1. The molecular weight excluding hydrogens is 451 g/mol. The lowest BCUT2D eigenvalue weighted by Gasteiger charge is -2.34. The van der Waals surface area contributed by atoms with E-state index in [-0.39, 0.29) is 5.69 Å². The molecule has 35 heavy (non-hydrogen) atoms. The van der Waals surface area contributed by atoms with Crippen LogP contribution in [0.1, 0.15) is 18.2 Å². The molecule has 0 aliphatic carbocycles. The summed E-state index contributed by atoms with van der Waals surface area (Å²) in [5.41, 5.74) is 2.60. The first-order chi connectivity index (χ1) is 17.1. The van der Waals surface area contributed by atoms with Gasteiger partial charge in [-0.05, 0) is 37.6 Å². The van der Waals surface area contributed by atoms with Crippen molar-refractivity contribution in [3.8, 4) is 11.4 Å². The highest BCUT2D eigenvalue weighted by Crippen LogP contribution is 2.32. The number of rotatable bonds is 5. The summed E-state index contributed by atoms with van der Waals surface area (Å²) in [7, 11) is 0. The van der Waals surface area contributed by atoms with Gasteiger partial charge in [-0.15, -0.1) is 0 Å². The molecule has 0 radical (unpaired) electrons. The van der Waals surface area contributed by atoms with Crippen molar-refractivity contribution in [2.45, 2.75) is 19.9 Å². The van der Waals surface area contributed by atoms with Crippen LogP contribution in [-0.2, 0) is 17.7 Å². The van der Waals surface area contributed by atoms with Gasteiger partial charge in [-0.3, -0.25) is 0 Å². The summed E-state index contributed by atoms with van der Waals surface area (Å²) in [4.78, 5) is 34.6. The van der Waals surface area contributed by atoms with Crippen LogP contribution in [0.2, 0.25) is 0 Å². The number of morpholine rings is 1.